The minimum absolute atomic E-state index is 0.889. The fourth-order valence-corrected chi connectivity index (χ4v) is 7.34. The molecule has 7 nitrogen and oxygen atoms in total. The Morgan fingerprint density at radius 1 is 0.415 bits per heavy atom. The van der Waals surface area contributed by atoms with Crippen LogP contribution in [0, 0.1) is 0 Å². The van der Waals surface area contributed by atoms with Crippen LogP contribution in [0.25, 0.3) is 76.6 Å². The third kappa shape index (κ3) is 2.74. The van der Waals surface area contributed by atoms with E-state index in [0.29, 0.717) is 0 Å². The van der Waals surface area contributed by atoms with Crippen LogP contribution in [0.1, 0.15) is 0 Å². The van der Waals surface area contributed by atoms with Crippen molar-refractivity contribution in [2.75, 3.05) is 0 Å². The van der Waals surface area contributed by atoms with E-state index >= 15 is 0 Å². The number of aromatic nitrogens is 7. The lowest BCUT2D eigenvalue weighted by Crippen LogP contribution is -1.97. The molecule has 10 aromatic rings. The smallest absolute Gasteiger partial charge is 0.220 e. The molecule has 0 atom stereocenters. The molecule has 10 rings (SSSR count). The van der Waals surface area contributed by atoms with Crippen LogP contribution in [0.3, 0.4) is 0 Å². The Bertz CT molecular complexity index is 2720. The van der Waals surface area contributed by atoms with Crippen molar-refractivity contribution in [2.45, 2.75) is 0 Å². The van der Waals surface area contributed by atoms with Crippen LogP contribution in [0.2, 0.25) is 0 Å². The van der Waals surface area contributed by atoms with E-state index in [9.17, 15) is 0 Å². The van der Waals surface area contributed by atoms with Crippen LogP contribution in [0.15, 0.2) is 115 Å². The highest BCUT2D eigenvalue weighted by atomic mass is 32.1. The molecular weight excluding hydrogens is 526 g/mol. The third-order valence-electron chi connectivity index (χ3n) is 8.05. The van der Waals surface area contributed by atoms with Gasteiger partial charge in [0.05, 0.1) is 60.9 Å². The first kappa shape index (κ1) is 21.4. The van der Waals surface area contributed by atoms with Crippen molar-refractivity contribution in [3.63, 3.8) is 0 Å². The quantitative estimate of drug-likeness (QED) is 0.211. The summed E-state index contributed by atoms with van der Waals surface area (Å²) in [6.45, 7) is 0. The fraction of sp³-hybridized carbons (Fsp3) is 0. The van der Waals surface area contributed by atoms with Gasteiger partial charge < -0.3 is 0 Å². The molecule has 8 heteroatoms. The van der Waals surface area contributed by atoms with Crippen molar-refractivity contribution in [3.8, 4) is 5.69 Å². The Balaban J connectivity index is 1.43. The molecule has 0 aliphatic carbocycles. The summed E-state index contributed by atoms with van der Waals surface area (Å²) in [6.07, 6.45) is 0. The molecule has 0 aliphatic rings. The van der Waals surface area contributed by atoms with Gasteiger partial charge in [0.25, 0.3) is 0 Å². The Kier molecular flexibility index (Phi) is 3.95. The summed E-state index contributed by atoms with van der Waals surface area (Å²) in [7, 11) is 0. The summed E-state index contributed by atoms with van der Waals surface area (Å²) in [5, 5.41) is 0. The molecule has 5 heterocycles. The highest BCUT2D eigenvalue weighted by Crippen LogP contribution is 2.33. The lowest BCUT2D eigenvalue weighted by atomic mass is 10.2. The molecule has 0 saturated heterocycles. The molecule has 192 valence electrons. The Hall–Kier alpha value is -5.47. The third-order valence-corrected chi connectivity index (χ3v) is 8.96. The van der Waals surface area contributed by atoms with Gasteiger partial charge in [0.15, 0.2) is 9.92 Å². The highest BCUT2D eigenvalue weighted by molar-refractivity contribution is 7.21. The number of imidazole rings is 4. The fourth-order valence-electron chi connectivity index (χ4n) is 6.32. The average Bonchev–Trinajstić information content (AvgIpc) is 3.73. The number of hydrogen-bond donors (Lipinski definition) is 0. The molecule has 0 aliphatic heterocycles. The van der Waals surface area contributed by atoms with E-state index in [1.165, 1.54) is 0 Å². The van der Waals surface area contributed by atoms with E-state index in [4.69, 9.17) is 15.0 Å². The molecule has 41 heavy (non-hydrogen) atoms. The molecule has 0 bridgehead atoms. The monoisotopic (exact) mass is 545 g/mol. The van der Waals surface area contributed by atoms with E-state index in [-0.39, 0.29) is 0 Å². The van der Waals surface area contributed by atoms with E-state index < -0.39 is 0 Å². The topological polar surface area (TPSA) is 56.8 Å². The lowest BCUT2D eigenvalue weighted by molar-refractivity contribution is 1.11. The number of fused-ring (bicyclic) bond motifs is 14. The Morgan fingerprint density at radius 2 is 0.902 bits per heavy atom. The first-order chi connectivity index (χ1) is 20.3. The van der Waals surface area contributed by atoms with Crippen LogP contribution in [-0.4, -0.2) is 32.7 Å². The number of hydrogen-bond acceptors (Lipinski definition) is 4. The molecular formula is C33H19N7S. The predicted octanol–water partition coefficient (Wildman–Crippen LogP) is 7.81. The molecule has 0 fully saturated rings. The van der Waals surface area contributed by atoms with Crippen molar-refractivity contribution in [1.82, 2.24) is 32.7 Å². The maximum atomic E-state index is 5.10. The van der Waals surface area contributed by atoms with Crippen LogP contribution in [0.5, 0.6) is 0 Å². The zero-order chi connectivity index (χ0) is 26.7. The molecule has 5 aromatic heterocycles. The Morgan fingerprint density at radius 3 is 1.56 bits per heavy atom. The Labute approximate surface area is 235 Å². The molecule has 0 radical (unpaired) electrons. The van der Waals surface area contributed by atoms with Gasteiger partial charge in [0, 0.05) is 0 Å². The van der Waals surface area contributed by atoms with Gasteiger partial charge in [-0.2, -0.15) is 0 Å². The maximum absolute atomic E-state index is 5.10. The van der Waals surface area contributed by atoms with E-state index in [0.717, 1.165) is 76.6 Å². The van der Waals surface area contributed by atoms with Gasteiger partial charge in [-0.3, -0.25) is 17.8 Å². The molecule has 0 saturated carbocycles. The van der Waals surface area contributed by atoms with Crippen LogP contribution >= 0.6 is 11.3 Å². The van der Waals surface area contributed by atoms with Gasteiger partial charge in [0.2, 0.25) is 5.78 Å². The number of para-hydroxylation sites is 8. The van der Waals surface area contributed by atoms with Crippen LogP contribution in [0.4, 0.5) is 0 Å². The normalized spacial score (nSPS) is 12.4. The van der Waals surface area contributed by atoms with Gasteiger partial charge >= 0.3 is 0 Å². The van der Waals surface area contributed by atoms with Crippen molar-refractivity contribution in [2.24, 2.45) is 0 Å². The van der Waals surface area contributed by atoms with Crippen molar-refractivity contribution in [3.05, 3.63) is 115 Å². The minimum atomic E-state index is 0.889. The van der Waals surface area contributed by atoms with Crippen molar-refractivity contribution < 1.29 is 0 Å². The van der Waals surface area contributed by atoms with Gasteiger partial charge in [-0.1, -0.05) is 59.9 Å². The summed E-state index contributed by atoms with van der Waals surface area (Å²) >= 11 is 1.60. The minimum Gasteiger partial charge on any atom is -0.282 e. The zero-order valence-electron chi connectivity index (χ0n) is 21.5. The molecule has 0 N–H and O–H groups in total. The van der Waals surface area contributed by atoms with Crippen molar-refractivity contribution >= 4 is 82.2 Å². The second kappa shape index (κ2) is 7.59. The summed E-state index contributed by atoms with van der Waals surface area (Å²) < 4.78 is 9.05. The SMILES string of the molecule is c1ccc2c(c1)nc1sc3nc4ccccc4n3c3cc(-n4c5ccccc5n5c6ccccc6nc45)ccc3n12. The molecule has 0 amide bonds. The van der Waals surface area contributed by atoms with E-state index in [1.54, 1.807) is 11.3 Å². The zero-order valence-corrected chi connectivity index (χ0v) is 22.3. The van der Waals surface area contributed by atoms with Crippen LogP contribution in [-0.2, 0) is 0 Å². The van der Waals surface area contributed by atoms with E-state index in [1.807, 2.05) is 18.2 Å². The lowest BCUT2D eigenvalue weighted by Gasteiger charge is -2.08. The number of rotatable bonds is 1. The van der Waals surface area contributed by atoms with Crippen LogP contribution < -0.4 is 0 Å². The first-order valence-electron chi connectivity index (χ1n) is 13.5. The summed E-state index contributed by atoms with van der Waals surface area (Å²) in [5.74, 6) is 0.889. The van der Waals surface area contributed by atoms with E-state index in [2.05, 4.69) is 115 Å². The number of nitrogens with zero attached hydrogens (tertiary/aromatic N) is 7. The molecule has 5 aromatic carbocycles. The molecule has 0 spiro atoms. The van der Waals surface area contributed by atoms with Gasteiger partial charge in [-0.15, -0.1) is 0 Å². The average molecular weight is 546 g/mol. The number of benzene rings is 5. The first-order valence-corrected chi connectivity index (χ1v) is 14.3. The summed E-state index contributed by atoms with van der Waals surface area (Å²) in [6, 6.07) is 40.1. The summed E-state index contributed by atoms with van der Waals surface area (Å²) in [4.78, 5) is 17.0. The largest absolute Gasteiger partial charge is 0.282 e. The van der Waals surface area contributed by atoms with Gasteiger partial charge in [-0.05, 0) is 66.7 Å². The second-order valence-electron chi connectivity index (χ2n) is 10.3. The highest BCUT2D eigenvalue weighted by Gasteiger charge is 2.19. The van der Waals surface area contributed by atoms with Crippen molar-refractivity contribution in [1.29, 1.82) is 0 Å². The van der Waals surface area contributed by atoms with Gasteiger partial charge in [0.1, 0.15) is 0 Å². The molecule has 0 unspecified atom stereocenters. The standard InChI is InChI=1S/C33H19N7S/c1-4-12-24-21(9-1)34-31-37(27-15-7-8-16-28(27)38(24)31)20-17-18-29-30(19-20)40-26-14-6-3-11-23(26)36-33(40)41-32-35-22-10-2-5-13-25(22)39(29)32/h1-19H. The van der Waals surface area contributed by atoms with Gasteiger partial charge in [-0.25, -0.2) is 15.0 Å². The summed E-state index contributed by atoms with van der Waals surface area (Å²) in [5.41, 5.74) is 11.5. The predicted molar refractivity (Wildman–Crippen MR) is 166 cm³/mol. The maximum Gasteiger partial charge on any atom is 0.220 e. The second-order valence-corrected chi connectivity index (χ2v) is 11.2.